The maximum Gasteiger partial charge on any atom is 0.236 e. The predicted octanol–water partition coefficient (Wildman–Crippen LogP) is 2.02. The minimum atomic E-state index is -0.681. The number of primary amides is 1. The lowest BCUT2D eigenvalue weighted by Crippen LogP contribution is -2.34. The van der Waals surface area contributed by atoms with E-state index in [1.807, 2.05) is 0 Å². The van der Waals surface area contributed by atoms with Crippen molar-refractivity contribution >= 4 is 11.6 Å². The van der Waals surface area contributed by atoms with Crippen molar-refractivity contribution in [1.29, 1.82) is 0 Å². The Labute approximate surface area is 124 Å². The first kappa shape index (κ1) is 17.4. The molecule has 0 radical (unpaired) electrons. The van der Waals surface area contributed by atoms with Crippen LogP contribution in [0.15, 0.2) is 12.1 Å². The molecule has 4 nitrogen and oxygen atoms in total. The fourth-order valence-electron chi connectivity index (χ4n) is 2.06. The summed E-state index contributed by atoms with van der Waals surface area (Å²) >= 11 is 0. The van der Waals surface area contributed by atoms with E-state index in [-0.39, 0.29) is 12.2 Å². The molecule has 0 heterocycles. The molecule has 3 N–H and O–H groups in total. The Bertz CT molecular complexity index is 469. The zero-order chi connectivity index (χ0) is 16.0. The van der Waals surface area contributed by atoms with Crippen molar-refractivity contribution < 1.29 is 13.6 Å². The van der Waals surface area contributed by atoms with Gasteiger partial charge in [-0.1, -0.05) is 13.8 Å². The average molecular weight is 299 g/mol. The molecule has 0 spiro atoms. The number of carbonyl (C=O) groups is 1. The van der Waals surface area contributed by atoms with Gasteiger partial charge in [-0.2, -0.15) is 0 Å². The van der Waals surface area contributed by atoms with Gasteiger partial charge < -0.3 is 16.0 Å². The summed E-state index contributed by atoms with van der Waals surface area (Å²) in [5, 5.41) is 3.13. The quantitative estimate of drug-likeness (QED) is 0.772. The Morgan fingerprint density at radius 1 is 1.33 bits per heavy atom. The molecule has 0 aliphatic carbocycles. The highest BCUT2D eigenvalue weighted by molar-refractivity contribution is 5.79. The van der Waals surface area contributed by atoms with Crippen LogP contribution in [0, 0.1) is 17.6 Å². The van der Waals surface area contributed by atoms with Crippen LogP contribution in [-0.2, 0) is 11.3 Å². The molecule has 21 heavy (non-hydrogen) atoms. The number of rotatable bonds is 8. The monoisotopic (exact) mass is 299 g/mol. The third-order valence-electron chi connectivity index (χ3n) is 3.00. The fourth-order valence-corrected chi connectivity index (χ4v) is 2.06. The summed E-state index contributed by atoms with van der Waals surface area (Å²) in [6.07, 6.45) is 0. The first-order valence-electron chi connectivity index (χ1n) is 7.07. The summed E-state index contributed by atoms with van der Waals surface area (Å²) in [7, 11) is 0. The standard InChI is InChI=1S/C15H23F2N3O/c1-4-20(9-14(18)21)15-12(16)5-11(6-13(15)17)8-19-7-10(2)3/h5-6,10,19H,4,7-9H2,1-3H3,(H2,18,21). The molecule has 0 unspecified atom stereocenters. The summed E-state index contributed by atoms with van der Waals surface area (Å²) in [6.45, 7) is 7.07. The molecule has 0 aromatic heterocycles. The lowest BCUT2D eigenvalue weighted by Gasteiger charge is -2.23. The normalized spacial score (nSPS) is 11.0. The lowest BCUT2D eigenvalue weighted by atomic mass is 10.1. The fraction of sp³-hybridized carbons (Fsp3) is 0.533. The molecule has 1 amide bonds. The van der Waals surface area contributed by atoms with Crippen LogP contribution in [0.1, 0.15) is 26.3 Å². The van der Waals surface area contributed by atoms with E-state index < -0.39 is 17.5 Å². The van der Waals surface area contributed by atoms with Crippen molar-refractivity contribution in [2.45, 2.75) is 27.3 Å². The van der Waals surface area contributed by atoms with E-state index in [1.54, 1.807) is 6.92 Å². The molecule has 0 aliphatic heterocycles. The van der Waals surface area contributed by atoms with Crippen LogP contribution in [0.5, 0.6) is 0 Å². The summed E-state index contributed by atoms with van der Waals surface area (Å²) in [5.74, 6) is -1.53. The number of benzene rings is 1. The van der Waals surface area contributed by atoms with Gasteiger partial charge in [-0.3, -0.25) is 4.79 Å². The molecule has 0 fully saturated rings. The maximum atomic E-state index is 14.1. The molecule has 118 valence electrons. The van der Waals surface area contributed by atoms with E-state index in [9.17, 15) is 13.6 Å². The van der Waals surface area contributed by atoms with Gasteiger partial charge in [0.25, 0.3) is 0 Å². The van der Waals surface area contributed by atoms with Gasteiger partial charge in [-0.15, -0.1) is 0 Å². The minimum Gasteiger partial charge on any atom is -0.368 e. The van der Waals surface area contributed by atoms with Crippen molar-refractivity contribution in [3.8, 4) is 0 Å². The summed E-state index contributed by atoms with van der Waals surface area (Å²) in [5.41, 5.74) is 5.42. The zero-order valence-corrected chi connectivity index (χ0v) is 12.7. The Hall–Kier alpha value is -1.69. The van der Waals surface area contributed by atoms with Crippen molar-refractivity contribution in [1.82, 2.24) is 5.32 Å². The van der Waals surface area contributed by atoms with Crippen LogP contribution in [0.25, 0.3) is 0 Å². The predicted molar refractivity (Wildman–Crippen MR) is 80.0 cm³/mol. The summed E-state index contributed by atoms with van der Waals surface area (Å²) in [4.78, 5) is 12.3. The van der Waals surface area contributed by atoms with Crippen LogP contribution >= 0.6 is 0 Å². The second kappa shape index (κ2) is 7.93. The van der Waals surface area contributed by atoms with E-state index in [0.29, 0.717) is 24.6 Å². The number of anilines is 1. The van der Waals surface area contributed by atoms with Crippen LogP contribution in [0.4, 0.5) is 14.5 Å². The van der Waals surface area contributed by atoms with Crippen molar-refractivity contribution in [2.75, 3.05) is 24.5 Å². The molecule has 6 heteroatoms. The number of hydrogen-bond donors (Lipinski definition) is 2. The van der Waals surface area contributed by atoms with Crippen molar-refractivity contribution in [3.05, 3.63) is 29.3 Å². The molecular formula is C15H23F2N3O. The molecule has 1 aromatic rings. The van der Waals surface area contributed by atoms with E-state index in [0.717, 1.165) is 6.54 Å². The van der Waals surface area contributed by atoms with Crippen LogP contribution in [0.3, 0.4) is 0 Å². The Morgan fingerprint density at radius 3 is 2.33 bits per heavy atom. The molecule has 1 aromatic carbocycles. The molecule has 0 aliphatic rings. The number of likely N-dealkylation sites (N-methyl/N-ethyl adjacent to an activating group) is 1. The molecular weight excluding hydrogens is 276 g/mol. The minimum absolute atomic E-state index is 0.205. The highest BCUT2D eigenvalue weighted by Crippen LogP contribution is 2.24. The van der Waals surface area contributed by atoms with Gasteiger partial charge in [0.15, 0.2) is 0 Å². The number of hydrogen-bond acceptors (Lipinski definition) is 3. The average Bonchev–Trinajstić information content (AvgIpc) is 2.35. The van der Waals surface area contributed by atoms with Gasteiger partial charge in [-0.05, 0) is 37.1 Å². The third-order valence-corrected chi connectivity index (χ3v) is 3.00. The smallest absolute Gasteiger partial charge is 0.236 e. The molecule has 0 bridgehead atoms. The zero-order valence-electron chi connectivity index (χ0n) is 12.7. The second-order valence-corrected chi connectivity index (χ2v) is 5.41. The van der Waals surface area contributed by atoms with E-state index in [4.69, 9.17) is 5.73 Å². The molecule has 0 atom stereocenters. The summed E-state index contributed by atoms with van der Waals surface area (Å²) in [6, 6.07) is 2.57. The van der Waals surface area contributed by atoms with Gasteiger partial charge in [0.1, 0.15) is 17.3 Å². The first-order chi connectivity index (χ1) is 9.85. The highest BCUT2D eigenvalue weighted by Gasteiger charge is 2.18. The Kier molecular flexibility index (Phi) is 6.55. The van der Waals surface area contributed by atoms with Crippen molar-refractivity contribution in [3.63, 3.8) is 0 Å². The molecule has 0 saturated heterocycles. The molecule has 1 rings (SSSR count). The van der Waals surface area contributed by atoms with E-state index in [1.165, 1.54) is 17.0 Å². The van der Waals surface area contributed by atoms with Gasteiger partial charge in [0.05, 0.1) is 6.54 Å². The summed E-state index contributed by atoms with van der Waals surface area (Å²) < 4.78 is 28.2. The number of halogens is 2. The third kappa shape index (κ3) is 5.30. The van der Waals surface area contributed by atoms with Gasteiger partial charge >= 0.3 is 0 Å². The topological polar surface area (TPSA) is 58.4 Å². The first-order valence-corrected chi connectivity index (χ1v) is 7.07. The van der Waals surface area contributed by atoms with Gasteiger partial charge in [-0.25, -0.2) is 8.78 Å². The largest absolute Gasteiger partial charge is 0.368 e. The SMILES string of the molecule is CCN(CC(N)=O)c1c(F)cc(CNCC(C)C)cc1F. The van der Waals surface area contributed by atoms with Gasteiger partial charge in [0.2, 0.25) is 5.91 Å². The van der Waals surface area contributed by atoms with Crippen molar-refractivity contribution in [2.24, 2.45) is 11.7 Å². The lowest BCUT2D eigenvalue weighted by molar-refractivity contribution is -0.116. The van der Waals surface area contributed by atoms with Crippen LogP contribution in [-0.4, -0.2) is 25.5 Å². The Morgan fingerprint density at radius 2 is 1.90 bits per heavy atom. The number of amides is 1. The van der Waals surface area contributed by atoms with Gasteiger partial charge in [0, 0.05) is 13.1 Å². The second-order valence-electron chi connectivity index (χ2n) is 5.41. The van der Waals surface area contributed by atoms with E-state index >= 15 is 0 Å². The number of nitrogens with one attached hydrogen (secondary N) is 1. The number of nitrogens with zero attached hydrogens (tertiary/aromatic N) is 1. The van der Waals surface area contributed by atoms with Crippen LogP contribution in [0.2, 0.25) is 0 Å². The number of nitrogens with two attached hydrogens (primary N) is 1. The molecule has 0 saturated carbocycles. The van der Waals surface area contributed by atoms with E-state index in [2.05, 4.69) is 19.2 Å². The van der Waals surface area contributed by atoms with Crippen LogP contribution < -0.4 is 16.0 Å². The highest BCUT2D eigenvalue weighted by atomic mass is 19.1. The Balaban J connectivity index is 2.90. The maximum absolute atomic E-state index is 14.1. The number of carbonyl (C=O) groups excluding carboxylic acids is 1.